The molecule has 4 rings (SSSR count). The number of nitrogens with one attached hydrogen (secondary N) is 2. The molecule has 1 aliphatic heterocycles. The highest BCUT2D eigenvalue weighted by molar-refractivity contribution is 7.15. The van der Waals surface area contributed by atoms with E-state index in [1.165, 1.54) is 12.7 Å². The van der Waals surface area contributed by atoms with Crippen molar-refractivity contribution >= 4 is 23.3 Å². The van der Waals surface area contributed by atoms with Crippen LogP contribution in [0.1, 0.15) is 48.4 Å². The minimum Gasteiger partial charge on any atom is -0.453 e. The Balaban J connectivity index is 1.57. The fourth-order valence-electron chi connectivity index (χ4n) is 4.34. The minimum absolute atomic E-state index is 0.0407. The molecule has 2 amide bonds. The predicted octanol–water partition coefficient (Wildman–Crippen LogP) is 3.45. The van der Waals surface area contributed by atoms with Gasteiger partial charge in [-0.05, 0) is 63.3 Å². The number of morpholine rings is 1. The highest BCUT2D eigenvalue weighted by atomic mass is 32.1. The molecule has 2 aliphatic rings. The van der Waals surface area contributed by atoms with Crippen molar-refractivity contribution in [3.63, 3.8) is 0 Å². The predicted molar refractivity (Wildman–Crippen MR) is 132 cm³/mol. The maximum Gasteiger partial charge on any atom is 0.406 e. The average molecular weight is 487 g/mol. The summed E-state index contributed by atoms with van der Waals surface area (Å²) in [4.78, 5) is 33.9. The third-order valence-electron chi connectivity index (χ3n) is 6.25. The van der Waals surface area contributed by atoms with Crippen LogP contribution in [0, 0.1) is 6.92 Å². The Labute approximate surface area is 205 Å². The highest BCUT2D eigenvalue weighted by Crippen LogP contribution is 2.41. The second-order valence-electron chi connectivity index (χ2n) is 8.91. The van der Waals surface area contributed by atoms with Gasteiger partial charge in [0.15, 0.2) is 0 Å². The molecule has 1 saturated heterocycles. The van der Waals surface area contributed by atoms with Crippen LogP contribution >= 0.6 is 11.3 Å². The number of aromatic nitrogens is 1. The number of thiophene rings is 1. The number of carbonyl (C=O) groups is 2. The molecule has 8 nitrogen and oxygen atoms in total. The molecule has 184 valence electrons. The molecule has 2 aromatic heterocycles. The summed E-state index contributed by atoms with van der Waals surface area (Å²) in [5.41, 5.74) is 3.11. The first-order valence-corrected chi connectivity index (χ1v) is 12.8. The zero-order chi connectivity index (χ0) is 24.1. The molecule has 34 heavy (non-hydrogen) atoms. The van der Waals surface area contributed by atoms with Crippen LogP contribution in [0.25, 0.3) is 10.6 Å². The van der Waals surface area contributed by atoms with Gasteiger partial charge in [0.05, 0.1) is 30.3 Å². The zero-order valence-electron chi connectivity index (χ0n) is 20.1. The fourth-order valence-corrected chi connectivity index (χ4v) is 5.57. The number of pyridine rings is 1. The zero-order valence-corrected chi connectivity index (χ0v) is 21.0. The Bertz CT molecular complexity index is 1000. The van der Waals surface area contributed by atoms with E-state index in [-0.39, 0.29) is 18.0 Å². The topological polar surface area (TPSA) is 92.8 Å². The number of aryl methyl sites for hydroxylation is 2. The SMILES string of the molecule is COC(=O)NCCCc1cc([C@@H](C)N(C(=O)[C@H]2CNCCO2)C2CC2)sc1-c1cccc(C)n1. The first-order valence-electron chi connectivity index (χ1n) is 12.0. The lowest BCUT2D eigenvalue weighted by atomic mass is 10.1. The molecular formula is C25H34N4O4S. The van der Waals surface area contributed by atoms with Crippen LogP contribution in [0.4, 0.5) is 4.79 Å². The molecule has 1 saturated carbocycles. The largest absolute Gasteiger partial charge is 0.453 e. The first kappa shape index (κ1) is 24.6. The summed E-state index contributed by atoms with van der Waals surface area (Å²) in [6.45, 7) is 6.56. The number of amides is 2. The second-order valence-corrected chi connectivity index (χ2v) is 9.99. The van der Waals surface area contributed by atoms with E-state index in [9.17, 15) is 9.59 Å². The molecule has 0 spiro atoms. The van der Waals surface area contributed by atoms with Crippen molar-refractivity contribution in [3.05, 3.63) is 40.4 Å². The summed E-state index contributed by atoms with van der Waals surface area (Å²) in [5, 5.41) is 6.02. The van der Waals surface area contributed by atoms with Gasteiger partial charge in [0.25, 0.3) is 5.91 Å². The van der Waals surface area contributed by atoms with Crippen molar-refractivity contribution in [1.82, 2.24) is 20.5 Å². The standard InChI is InChI=1S/C25H34N4O4S/c1-16-6-4-8-20(28-16)23-18(7-5-11-27-25(31)32-3)14-22(34-23)17(2)29(19-9-10-19)24(30)21-15-26-12-13-33-21/h4,6,8,14,17,19,21,26H,5,7,9-13,15H2,1-3H3,(H,27,31)/t17-,21-/m1/s1. The third kappa shape index (κ3) is 5.95. The normalized spacial score (nSPS) is 18.9. The monoisotopic (exact) mass is 486 g/mol. The number of methoxy groups -OCH3 is 1. The van der Waals surface area contributed by atoms with E-state index in [2.05, 4.69) is 28.4 Å². The van der Waals surface area contributed by atoms with E-state index in [4.69, 9.17) is 9.72 Å². The maximum atomic E-state index is 13.4. The smallest absolute Gasteiger partial charge is 0.406 e. The molecule has 0 aromatic carbocycles. The van der Waals surface area contributed by atoms with Crippen LogP contribution < -0.4 is 10.6 Å². The van der Waals surface area contributed by atoms with Crippen molar-refractivity contribution in [2.24, 2.45) is 0 Å². The van der Waals surface area contributed by atoms with Crippen LogP contribution in [0.15, 0.2) is 24.3 Å². The molecule has 0 radical (unpaired) electrons. The molecule has 2 fully saturated rings. The van der Waals surface area contributed by atoms with Gasteiger partial charge in [-0.2, -0.15) is 0 Å². The maximum absolute atomic E-state index is 13.4. The van der Waals surface area contributed by atoms with Gasteiger partial charge in [0, 0.05) is 36.2 Å². The summed E-state index contributed by atoms with van der Waals surface area (Å²) >= 11 is 1.71. The van der Waals surface area contributed by atoms with Crippen molar-refractivity contribution in [3.8, 4) is 10.6 Å². The van der Waals surface area contributed by atoms with E-state index in [1.54, 1.807) is 11.3 Å². The van der Waals surface area contributed by atoms with Gasteiger partial charge in [-0.15, -0.1) is 11.3 Å². The number of rotatable bonds is 9. The van der Waals surface area contributed by atoms with Crippen molar-refractivity contribution < 1.29 is 19.1 Å². The number of hydrogen-bond donors (Lipinski definition) is 2. The van der Waals surface area contributed by atoms with Gasteiger partial charge < -0.3 is 25.0 Å². The molecule has 3 heterocycles. The number of alkyl carbamates (subject to hydrolysis) is 1. The van der Waals surface area contributed by atoms with E-state index < -0.39 is 12.2 Å². The Hall–Kier alpha value is -2.49. The van der Waals surface area contributed by atoms with Crippen LogP contribution in [-0.2, 0) is 20.7 Å². The highest BCUT2D eigenvalue weighted by Gasteiger charge is 2.40. The van der Waals surface area contributed by atoms with Crippen LogP contribution in [0.3, 0.4) is 0 Å². The molecule has 0 unspecified atom stereocenters. The fraction of sp³-hybridized carbons (Fsp3) is 0.560. The lowest BCUT2D eigenvalue weighted by Gasteiger charge is -2.33. The van der Waals surface area contributed by atoms with Gasteiger partial charge in [-0.25, -0.2) is 4.79 Å². The summed E-state index contributed by atoms with van der Waals surface area (Å²) in [5.74, 6) is 0.0784. The number of carbonyl (C=O) groups excluding carboxylic acids is 2. The number of hydrogen-bond acceptors (Lipinski definition) is 7. The number of ether oxygens (including phenoxy) is 2. The third-order valence-corrected chi connectivity index (χ3v) is 7.62. The lowest BCUT2D eigenvalue weighted by molar-refractivity contribution is -0.148. The Morgan fingerprint density at radius 3 is 2.88 bits per heavy atom. The van der Waals surface area contributed by atoms with Crippen molar-refractivity contribution in [2.75, 3.05) is 33.4 Å². The van der Waals surface area contributed by atoms with Gasteiger partial charge in [0.1, 0.15) is 6.10 Å². The van der Waals surface area contributed by atoms with Crippen LogP contribution in [-0.4, -0.2) is 67.4 Å². The first-order chi connectivity index (χ1) is 16.5. The lowest BCUT2D eigenvalue weighted by Crippen LogP contribution is -2.50. The number of nitrogens with zero attached hydrogens (tertiary/aromatic N) is 2. The van der Waals surface area contributed by atoms with Gasteiger partial charge >= 0.3 is 6.09 Å². The molecular weight excluding hydrogens is 452 g/mol. The van der Waals surface area contributed by atoms with E-state index in [1.807, 2.05) is 30.0 Å². The Kier molecular flexibility index (Phi) is 8.18. The summed E-state index contributed by atoms with van der Waals surface area (Å²) in [6.07, 6.45) is 2.83. The second kappa shape index (κ2) is 11.3. The van der Waals surface area contributed by atoms with E-state index in [0.29, 0.717) is 19.7 Å². The van der Waals surface area contributed by atoms with Crippen LogP contribution in [0.2, 0.25) is 0 Å². The summed E-state index contributed by atoms with van der Waals surface area (Å²) in [6, 6.07) is 8.51. The Morgan fingerprint density at radius 2 is 2.21 bits per heavy atom. The minimum atomic E-state index is -0.418. The van der Waals surface area contributed by atoms with E-state index >= 15 is 0 Å². The van der Waals surface area contributed by atoms with Crippen molar-refractivity contribution in [2.45, 2.75) is 57.7 Å². The van der Waals surface area contributed by atoms with E-state index in [0.717, 1.165) is 53.4 Å². The molecule has 1 aliphatic carbocycles. The van der Waals surface area contributed by atoms with Gasteiger partial charge in [-0.1, -0.05) is 6.07 Å². The molecule has 9 heteroatoms. The quantitative estimate of drug-likeness (QED) is 0.528. The molecule has 2 aromatic rings. The molecule has 0 bridgehead atoms. The van der Waals surface area contributed by atoms with Crippen molar-refractivity contribution in [1.29, 1.82) is 0 Å². The Morgan fingerprint density at radius 1 is 1.38 bits per heavy atom. The van der Waals surface area contributed by atoms with Gasteiger partial charge in [-0.3, -0.25) is 9.78 Å². The summed E-state index contributed by atoms with van der Waals surface area (Å²) < 4.78 is 10.4. The van der Waals surface area contributed by atoms with Gasteiger partial charge in [0.2, 0.25) is 0 Å². The average Bonchev–Trinajstić information content (AvgIpc) is 3.59. The summed E-state index contributed by atoms with van der Waals surface area (Å²) in [7, 11) is 1.37. The molecule has 2 N–H and O–H groups in total. The molecule has 2 atom stereocenters. The van der Waals surface area contributed by atoms with Crippen LogP contribution in [0.5, 0.6) is 0 Å².